The summed E-state index contributed by atoms with van der Waals surface area (Å²) in [7, 11) is 2.32. The fourth-order valence-corrected chi connectivity index (χ4v) is 4.74. The van der Waals surface area contributed by atoms with Crippen molar-refractivity contribution in [2.24, 2.45) is 23.7 Å². The zero-order chi connectivity index (χ0) is 14.3. The smallest absolute Gasteiger partial charge is 0.0368 e. The number of nitrogens with zero attached hydrogens (tertiary/aromatic N) is 1. The molecule has 2 aliphatic heterocycles. The van der Waals surface area contributed by atoms with Gasteiger partial charge in [0, 0.05) is 31.2 Å². The third-order valence-electron chi connectivity index (χ3n) is 5.97. The van der Waals surface area contributed by atoms with Crippen molar-refractivity contribution >= 4 is 0 Å². The quantitative estimate of drug-likeness (QED) is 0.788. The summed E-state index contributed by atoms with van der Waals surface area (Å²) in [5, 5.41) is 3.63. The van der Waals surface area contributed by atoms with Crippen LogP contribution in [0.2, 0.25) is 0 Å². The first-order chi connectivity index (χ1) is 9.63. The molecule has 0 aromatic rings. The average Bonchev–Trinajstić information content (AvgIpc) is 2.61. The first-order valence-corrected chi connectivity index (χ1v) is 8.45. The van der Waals surface area contributed by atoms with Crippen molar-refractivity contribution in [3.8, 4) is 0 Å². The van der Waals surface area contributed by atoms with E-state index in [1.54, 1.807) is 5.57 Å². The van der Waals surface area contributed by atoms with Crippen molar-refractivity contribution in [2.45, 2.75) is 46.1 Å². The number of hydrogen-bond donors (Lipinski definition) is 1. The van der Waals surface area contributed by atoms with Crippen LogP contribution in [0.3, 0.4) is 0 Å². The van der Waals surface area contributed by atoms with E-state index < -0.39 is 0 Å². The summed E-state index contributed by atoms with van der Waals surface area (Å²) in [6, 6.07) is 0.716. The Labute approximate surface area is 124 Å². The average molecular weight is 274 g/mol. The van der Waals surface area contributed by atoms with Gasteiger partial charge in [-0.25, -0.2) is 0 Å². The van der Waals surface area contributed by atoms with E-state index in [9.17, 15) is 0 Å². The Morgan fingerprint density at radius 2 is 2.00 bits per heavy atom. The molecule has 3 rings (SSSR count). The van der Waals surface area contributed by atoms with Gasteiger partial charge in [-0.3, -0.25) is 0 Å². The summed E-state index contributed by atoms with van der Waals surface area (Å²) < 4.78 is 0. The predicted octanol–water partition coefficient (Wildman–Crippen LogP) is 3.42. The van der Waals surface area contributed by atoms with E-state index in [0.29, 0.717) is 12.0 Å². The summed E-state index contributed by atoms with van der Waals surface area (Å²) in [5.74, 6) is 3.22. The molecule has 3 fully saturated rings. The molecular weight excluding hydrogens is 244 g/mol. The topological polar surface area (TPSA) is 15.3 Å². The highest BCUT2D eigenvalue weighted by molar-refractivity contribution is 5.40. The minimum Gasteiger partial charge on any atom is -0.371 e. The van der Waals surface area contributed by atoms with Crippen molar-refractivity contribution in [3.63, 3.8) is 0 Å². The van der Waals surface area contributed by atoms with Crippen molar-refractivity contribution in [2.75, 3.05) is 20.1 Å². The van der Waals surface area contributed by atoms with Gasteiger partial charge in [0.2, 0.25) is 0 Å². The molecule has 1 N–H and O–H groups in total. The van der Waals surface area contributed by atoms with Crippen LogP contribution in [-0.2, 0) is 0 Å². The second-order valence-corrected chi connectivity index (χ2v) is 7.19. The van der Waals surface area contributed by atoms with Gasteiger partial charge < -0.3 is 10.2 Å². The molecule has 3 aliphatic rings. The predicted molar refractivity (Wildman–Crippen MR) is 85.4 cm³/mol. The molecule has 0 bridgehead atoms. The Hall–Kier alpha value is -0.760. The fourth-order valence-electron chi connectivity index (χ4n) is 4.74. The minimum absolute atomic E-state index is 0.699. The highest BCUT2D eigenvalue weighted by Gasteiger charge is 2.41. The molecule has 2 saturated heterocycles. The monoisotopic (exact) mass is 274 g/mol. The van der Waals surface area contributed by atoms with E-state index in [1.165, 1.54) is 31.5 Å². The second kappa shape index (κ2) is 5.55. The Balaban J connectivity index is 1.88. The molecule has 2 heterocycles. The van der Waals surface area contributed by atoms with Gasteiger partial charge in [-0.2, -0.15) is 0 Å². The van der Waals surface area contributed by atoms with Gasteiger partial charge in [0.05, 0.1) is 0 Å². The number of rotatable bonds is 1. The van der Waals surface area contributed by atoms with Crippen molar-refractivity contribution < 1.29 is 0 Å². The van der Waals surface area contributed by atoms with Gasteiger partial charge in [0.25, 0.3) is 0 Å². The van der Waals surface area contributed by atoms with E-state index in [4.69, 9.17) is 0 Å². The molecular formula is C18H30N2. The Kier molecular flexibility index (Phi) is 3.94. The molecule has 1 aliphatic carbocycles. The lowest BCUT2D eigenvalue weighted by molar-refractivity contribution is 0.145. The van der Waals surface area contributed by atoms with Gasteiger partial charge in [-0.15, -0.1) is 0 Å². The lowest BCUT2D eigenvalue weighted by Crippen LogP contribution is -2.33. The van der Waals surface area contributed by atoms with Crippen LogP contribution < -0.4 is 5.32 Å². The van der Waals surface area contributed by atoms with Gasteiger partial charge in [0.1, 0.15) is 0 Å². The van der Waals surface area contributed by atoms with E-state index in [0.717, 1.165) is 24.3 Å². The number of nitrogens with one attached hydrogen (secondary N) is 1. The molecule has 0 amide bonds. The maximum Gasteiger partial charge on any atom is 0.0368 e. The van der Waals surface area contributed by atoms with Gasteiger partial charge in [0.15, 0.2) is 0 Å². The van der Waals surface area contributed by atoms with E-state index >= 15 is 0 Å². The van der Waals surface area contributed by atoms with Gasteiger partial charge in [-0.05, 0) is 56.1 Å². The molecule has 20 heavy (non-hydrogen) atoms. The van der Waals surface area contributed by atoms with E-state index in [1.807, 2.05) is 0 Å². The normalized spacial score (nSPS) is 45.4. The molecule has 0 aromatic heterocycles. The molecule has 2 unspecified atom stereocenters. The van der Waals surface area contributed by atoms with Gasteiger partial charge in [-0.1, -0.05) is 26.0 Å². The summed E-state index contributed by atoms with van der Waals surface area (Å²) in [5.41, 5.74) is 3.13. The van der Waals surface area contributed by atoms with Crippen LogP contribution in [0.5, 0.6) is 0 Å². The minimum atomic E-state index is 0.699. The summed E-state index contributed by atoms with van der Waals surface area (Å²) in [4.78, 5) is 2.59. The summed E-state index contributed by atoms with van der Waals surface area (Å²) >= 11 is 0. The molecule has 4 atom stereocenters. The maximum absolute atomic E-state index is 3.63. The van der Waals surface area contributed by atoms with Crippen LogP contribution in [0.4, 0.5) is 0 Å². The molecule has 2 heteroatoms. The second-order valence-electron chi connectivity index (χ2n) is 7.19. The number of likely N-dealkylation sites (tertiary alicyclic amines) is 1. The highest BCUT2D eigenvalue weighted by atomic mass is 15.2. The van der Waals surface area contributed by atoms with Crippen LogP contribution >= 0.6 is 0 Å². The molecule has 2 nitrogen and oxygen atoms in total. The van der Waals surface area contributed by atoms with Crippen LogP contribution in [0, 0.1) is 23.7 Å². The maximum atomic E-state index is 3.63. The first-order valence-electron chi connectivity index (χ1n) is 8.45. The number of hydrogen-bond acceptors (Lipinski definition) is 2. The van der Waals surface area contributed by atoms with E-state index in [2.05, 4.69) is 50.2 Å². The Morgan fingerprint density at radius 1 is 1.25 bits per heavy atom. The Morgan fingerprint density at radius 3 is 2.65 bits per heavy atom. The highest BCUT2D eigenvalue weighted by Crippen LogP contribution is 2.45. The van der Waals surface area contributed by atoms with Gasteiger partial charge >= 0.3 is 0 Å². The molecule has 112 valence electrons. The third-order valence-corrected chi connectivity index (χ3v) is 5.97. The molecule has 1 saturated carbocycles. The van der Waals surface area contributed by atoms with Crippen molar-refractivity contribution in [1.29, 1.82) is 0 Å². The number of fused-ring (bicyclic) bond motifs is 1. The lowest BCUT2D eigenvalue weighted by atomic mass is 9.66. The van der Waals surface area contributed by atoms with Crippen LogP contribution in [0.25, 0.3) is 0 Å². The SMILES string of the molecule is CC=C1/C(=C\C2C(C)CC2C)N(C)[C@H]2CCCNC[C@@H]12. The van der Waals surface area contributed by atoms with Crippen LogP contribution in [0.15, 0.2) is 23.4 Å². The number of likely N-dealkylation sites (N-methyl/N-ethyl adjacent to an activating group) is 1. The van der Waals surface area contributed by atoms with Crippen molar-refractivity contribution in [3.05, 3.63) is 23.4 Å². The molecule has 0 radical (unpaired) electrons. The molecule has 0 spiro atoms. The van der Waals surface area contributed by atoms with Crippen LogP contribution in [-0.4, -0.2) is 31.1 Å². The number of allylic oxidation sites excluding steroid dienone is 3. The van der Waals surface area contributed by atoms with Crippen molar-refractivity contribution in [1.82, 2.24) is 10.2 Å². The largest absolute Gasteiger partial charge is 0.371 e. The third kappa shape index (κ3) is 2.22. The molecule has 0 aromatic carbocycles. The standard InChI is InChI=1S/C18H30N2/c1-5-14-16-11-19-8-6-7-17(16)20(4)18(14)10-15-12(2)9-13(15)3/h5,10,12-13,15-17,19H,6-9,11H2,1-4H3/b14-5?,18-10+/t12?,13?,15?,16-,17-/m0/s1. The van der Waals surface area contributed by atoms with E-state index in [-0.39, 0.29) is 0 Å². The zero-order valence-electron chi connectivity index (χ0n) is 13.5. The Bertz CT molecular complexity index is 415. The fraction of sp³-hybridized carbons (Fsp3) is 0.778. The van der Waals surface area contributed by atoms with Crippen LogP contribution in [0.1, 0.15) is 40.0 Å². The summed E-state index contributed by atoms with van der Waals surface area (Å²) in [6.45, 7) is 9.38. The lowest BCUT2D eigenvalue weighted by Gasteiger charge is -2.40. The zero-order valence-corrected chi connectivity index (χ0v) is 13.5. The summed E-state index contributed by atoms with van der Waals surface area (Å²) in [6.07, 6.45) is 9.01. The first kappa shape index (κ1) is 14.2.